The van der Waals surface area contributed by atoms with Crippen LogP contribution in [0.2, 0.25) is 0 Å². The van der Waals surface area contributed by atoms with Crippen molar-refractivity contribution in [3.05, 3.63) is 83.0 Å². The van der Waals surface area contributed by atoms with E-state index in [1.807, 2.05) is 65.9 Å². The van der Waals surface area contributed by atoms with Crippen LogP contribution in [0.4, 0.5) is 0 Å². The topological polar surface area (TPSA) is 79.7 Å². The first kappa shape index (κ1) is 32.8. The Bertz CT molecular complexity index is 1200. The van der Waals surface area contributed by atoms with Crippen LogP contribution >= 0.6 is 11.3 Å². The van der Waals surface area contributed by atoms with E-state index in [0.29, 0.717) is 12.5 Å². The molecule has 1 saturated carbocycles. The Morgan fingerprint density at radius 2 is 1.61 bits per heavy atom. The maximum atomic E-state index is 9.48. The van der Waals surface area contributed by atoms with Gasteiger partial charge in [-0.05, 0) is 72.5 Å². The fourth-order valence-corrected chi connectivity index (χ4v) is 4.95. The van der Waals surface area contributed by atoms with E-state index in [0.717, 1.165) is 29.8 Å². The molecule has 2 heterocycles. The number of fused-ring (bicyclic) bond motifs is 1. The summed E-state index contributed by atoms with van der Waals surface area (Å²) in [4.78, 5) is 12.8. The summed E-state index contributed by atoms with van der Waals surface area (Å²) in [7, 11) is 0. The number of benzene rings is 2. The van der Waals surface area contributed by atoms with Gasteiger partial charge in [0, 0.05) is 33.1 Å². The molecule has 1 aliphatic rings. The number of carbonyl (C=O) groups is 1. The van der Waals surface area contributed by atoms with Crippen LogP contribution in [0.15, 0.2) is 66.2 Å². The SMILES string of the molecule is CC.CC.CC.Cc1ncccc1-c1csc2ccc(COc3ccc(C4CC(O)C4)cc3)cc12.O=CO. The monoisotopic (exact) mass is 537 g/mol. The van der Waals surface area contributed by atoms with Gasteiger partial charge in [-0.25, -0.2) is 0 Å². The van der Waals surface area contributed by atoms with Gasteiger partial charge in [-0.15, -0.1) is 11.3 Å². The first-order valence-electron chi connectivity index (χ1n) is 13.5. The minimum Gasteiger partial charge on any atom is -0.489 e. The van der Waals surface area contributed by atoms with Crippen LogP contribution in [0.1, 0.15) is 77.1 Å². The molecule has 6 heteroatoms. The summed E-state index contributed by atoms with van der Waals surface area (Å²) in [5.41, 5.74) is 5.93. The molecule has 0 spiro atoms. The third-order valence-corrected chi connectivity index (χ3v) is 6.77. The molecule has 0 amide bonds. The average molecular weight is 538 g/mol. The highest BCUT2D eigenvalue weighted by Crippen LogP contribution is 2.38. The number of ether oxygens (including phenoxy) is 1. The number of aromatic nitrogens is 1. The van der Waals surface area contributed by atoms with Gasteiger partial charge in [0.2, 0.25) is 0 Å². The molecule has 0 atom stereocenters. The van der Waals surface area contributed by atoms with Crippen molar-refractivity contribution in [1.29, 1.82) is 0 Å². The number of hydrogen-bond donors (Lipinski definition) is 2. The number of pyridine rings is 1. The van der Waals surface area contributed by atoms with Crippen LogP contribution in [0.25, 0.3) is 21.2 Å². The van der Waals surface area contributed by atoms with Crippen LogP contribution in [0.5, 0.6) is 5.75 Å². The predicted molar refractivity (Wildman–Crippen MR) is 161 cm³/mol. The Labute approximate surface area is 232 Å². The Morgan fingerprint density at radius 3 is 2.18 bits per heavy atom. The van der Waals surface area contributed by atoms with Crippen LogP contribution in [-0.2, 0) is 11.4 Å². The van der Waals surface area contributed by atoms with Crippen molar-refractivity contribution >= 4 is 27.9 Å². The van der Waals surface area contributed by atoms with Crippen LogP contribution in [-0.4, -0.2) is 27.8 Å². The van der Waals surface area contributed by atoms with E-state index in [2.05, 4.69) is 53.7 Å². The number of aliphatic hydroxyl groups excluding tert-OH is 1. The molecule has 1 fully saturated rings. The van der Waals surface area contributed by atoms with Gasteiger partial charge in [-0.2, -0.15) is 0 Å². The number of aryl methyl sites for hydroxylation is 1. The molecule has 5 nitrogen and oxygen atoms in total. The highest BCUT2D eigenvalue weighted by atomic mass is 32.1. The van der Waals surface area contributed by atoms with E-state index in [1.165, 1.54) is 26.8 Å². The molecule has 5 rings (SSSR count). The fourth-order valence-electron chi connectivity index (χ4n) is 4.01. The number of aliphatic hydroxyl groups is 1. The largest absolute Gasteiger partial charge is 0.489 e. The summed E-state index contributed by atoms with van der Waals surface area (Å²) >= 11 is 1.77. The highest BCUT2D eigenvalue weighted by Gasteiger charge is 2.28. The molecule has 0 radical (unpaired) electrons. The Hall–Kier alpha value is -3.22. The van der Waals surface area contributed by atoms with E-state index < -0.39 is 0 Å². The van der Waals surface area contributed by atoms with E-state index >= 15 is 0 Å². The molecule has 2 N–H and O–H groups in total. The van der Waals surface area contributed by atoms with E-state index in [9.17, 15) is 5.11 Å². The van der Waals surface area contributed by atoms with Crippen molar-refractivity contribution in [2.75, 3.05) is 0 Å². The first-order valence-corrected chi connectivity index (χ1v) is 14.4. The van der Waals surface area contributed by atoms with Crippen molar-refractivity contribution in [2.45, 2.75) is 79.9 Å². The molecular formula is C32H43NO4S. The second-order valence-electron chi connectivity index (χ2n) is 7.90. The molecule has 38 heavy (non-hydrogen) atoms. The lowest BCUT2D eigenvalue weighted by Gasteiger charge is -2.31. The van der Waals surface area contributed by atoms with Crippen molar-refractivity contribution in [3.63, 3.8) is 0 Å². The minimum atomic E-state index is -0.250. The number of thiophene rings is 1. The molecule has 0 saturated heterocycles. The molecule has 0 bridgehead atoms. The van der Waals surface area contributed by atoms with Crippen molar-refractivity contribution < 1.29 is 19.7 Å². The standard InChI is InChI=1S/C25H23NO2S.3C2H6.CH2O2/c1-16-22(3-2-10-26-16)24-15-29-25-9-4-17(11-23(24)25)14-28-21-7-5-18(6-8-21)19-12-20(27)13-19;3*1-2;2-1-3/h2-11,15,19-20,27H,12-14H2,1H3;3*1-2H3;1H,(H,2,3). The molecule has 206 valence electrons. The number of carboxylic acid groups (broad SMARTS) is 1. The lowest BCUT2D eigenvalue weighted by Crippen LogP contribution is -2.26. The van der Waals surface area contributed by atoms with Crippen LogP contribution < -0.4 is 4.74 Å². The van der Waals surface area contributed by atoms with E-state index in [-0.39, 0.29) is 12.6 Å². The molecule has 4 aromatic rings. The second-order valence-corrected chi connectivity index (χ2v) is 8.81. The van der Waals surface area contributed by atoms with Crippen LogP contribution in [0, 0.1) is 6.92 Å². The first-order chi connectivity index (χ1) is 18.6. The van der Waals surface area contributed by atoms with Gasteiger partial charge in [0.05, 0.1) is 6.10 Å². The molecule has 2 aromatic carbocycles. The molecule has 0 unspecified atom stereocenters. The van der Waals surface area contributed by atoms with Gasteiger partial charge in [-0.1, -0.05) is 65.8 Å². The summed E-state index contributed by atoms with van der Waals surface area (Å²) in [6.07, 6.45) is 3.47. The zero-order valence-electron chi connectivity index (χ0n) is 23.8. The van der Waals surface area contributed by atoms with E-state index in [4.69, 9.17) is 14.6 Å². The van der Waals surface area contributed by atoms with Gasteiger partial charge < -0.3 is 14.9 Å². The van der Waals surface area contributed by atoms with Gasteiger partial charge in [0.1, 0.15) is 12.4 Å². The summed E-state index contributed by atoms with van der Waals surface area (Å²) in [5.74, 6) is 1.37. The lowest BCUT2D eigenvalue weighted by molar-refractivity contribution is -0.122. The zero-order chi connectivity index (χ0) is 28.5. The summed E-state index contributed by atoms with van der Waals surface area (Å²) in [6.45, 7) is 14.3. The van der Waals surface area contributed by atoms with Crippen molar-refractivity contribution in [3.8, 4) is 16.9 Å². The Balaban J connectivity index is 0.000000723. The maximum absolute atomic E-state index is 9.48. The number of hydrogen-bond acceptors (Lipinski definition) is 5. The second kappa shape index (κ2) is 18.1. The third-order valence-electron chi connectivity index (χ3n) is 5.81. The summed E-state index contributed by atoms with van der Waals surface area (Å²) in [5, 5.41) is 19.8. The van der Waals surface area contributed by atoms with Crippen molar-refractivity contribution in [1.82, 2.24) is 4.98 Å². The number of rotatable bonds is 5. The normalized spacial score (nSPS) is 14.9. The zero-order valence-corrected chi connectivity index (χ0v) is 24.6. The molecule has 0 aliphatic heterocycles. The van der Waals surface area contributed by atoms with Gasteiger partial charge >= 0.3 is 0 Å². The fraction of sp³-hybridized carbons (Fsp3) is 0.375. The molecule has 1 aliphatic carbocycles. The Kier molecular flexibility index (Phi) is 15.6. The molecule has 2 aromatic heterocycles. The van der Waals surface area contributed by atoms with Crippen LogP contribution in [0.3, 0.4) is 0 Å². The quantitative estimate of drug-likeness (QED) is 0.249. The average Bonchev–Trinajstić information content (AvgIpc) is 3.38. The lowest BCUT2D eigenvalue weighted by atomic mass is 9.78. The summed E-state index contributed by atoms with van der Waals surface area (Å²) in [6, 6.07) is 19.0. The number of nitrogens with zero attached hydrogens (tertiary/aromatic N) is 1. The minimum absolute atomic E-state index is 0.122. The third kappa shape index (κ3) is 8.96. The summed E-state index contributed by atoms with van der Waals surface area (Å²) < 4.78 is 7.31. The Morgan fingerprint density at radius 1 is 0.974 bits per heavy atom. The van der Waals surface area contributed by atoms with Gasteiger partial charge in [0.15, 0.2) is 0 Å². The predicted octanol–water partition coefficient (Wildman–Crippen LogP) is 8.87. The smallest absolute Gasteiger partial charge is 0.290 e. The van der Waals surface area contributed by atoms with Gasteiger partial charge in [0.25, 0.3) is 6.47 Å². The van der Waals surface area contributed by atoms with Gasteiger partial charge in [-0.3, -0.25) is 9.78 Å². The maximum Gasteiger partial charge on any atom is 0.290 e. The highest BCUT2D eigenvalue weighted by molar-refractivity contribution is 7.17. The van der Waals surface area contributed by atoms with Crippen molar-refractivity contribution in [2.24, 2.45) is 0 Å². The van der Waals surface area contributed by atoms with E-state index in [1.54, 1.807) is 11.3 Å². The molecular weight excluding hydrogens is 494 g/mol.